The Bertz CT molecular complexity index is 1040. The highest BCUT2D eigenvalue weighted by atomic mass is 16.5. The predicted molar refractivity (Wildman–Crippen MR) is 124 cm³/mol. The molecule has 0 aliphatic rings. The topological polar surface area (TPSA) is 70.7 Å². The summed E-state index contributed by atoms with van der Waals surface area (Å²) >= 11 is 0. The quantitative estimate of drug-likeness (QED) is 0.576. The molecule has 0 saturated heterocycles. The first kappa shape index (κ1) is 22.2. The largest absolute Gasteiger partial charge is 0.497 e. The van der Waals surface area contributed by atoms with Crippen LogP contribution in [0.25, 0.3) is 10.8 Å². The van der Waals surface area contributed by atoms with Gasteiger partial charge in [-0.15, -0.1) is 0 Å². The van der Waals surface area contributed by atoms with Crippen LogP contribution in [0.5, 0.6) is 5.75 Å². The molecular weight excluding hydrogens is 390 g/mol. The zero-order chi connectivity index (χ0) is 22.4. The molecular formula is C25H29N3O3. The number of urea groups is 1. The number of nitrogens with one attached hydrogen (secondary N) is 2. The molecule has 3 aromatic rings. The lowest BCUT2D eigenvalue weighted by atomic mass is 9.96. The molecule has 0 unspecified atom stereocenters. The summed E-state index contributed by atoms with van der Waals surface area (Å²) in [5.41, 5.74) is 1.72. The molecule has 0 aliphatic carbocycles. The maximum Gasteiger partial charge on any atom is 0.318 e. The number of nitrogens with zero attached hydrogens (tertiary/aromatic N) is 1. The third-order valence-corrected chi connectivity index (χ3v) is 5.21. The molecule has 0 aliphatic heterocycles. The van der Waals surface area contributed by atoms with E-state index >= 15 is 0 Å². The number of fused-ring (bicyclic) bond motifs is 1. The van der Waals surface area contributed by atoms with E-state index in [1.807, 2.05) is 80.6 Å². The zero-order valence-electron chi connectivity index (χ0n) is 18.4. The first-order valence-electron chi connectivity index (χ1n) is 10.3. The molecule has 3 rings (SSSR count). The first-order chi connectivity index (χ1) is 14.9. The van der Waals surface area contributed by atoms with Gasteiger partial charge in [-0.3, -0.25) is 4.79 Å². The van der Waals surface area contributed by atoms with Gasteiger partial charge in [0, 0.05) is 18.1 Å². The fourth-order valence-electron chi connectivity index (χ4n) is 3.50. The monoisotopic (exact) mass is 419 g/mol. The average Bonchev–Trinajstić information content (AvgIpc) is 2.77. The molecule has 0 bridgehead atoms. The molecule has 31 heavy (non-hydrogen) atoms. The molecule has 0 spiro atoms. The van der Waals surface area contributed by atoms with Gasteiger partial charge in [0.1, 0.15) is 12.3 Å². The summed E-state index contributed by atoms with van der Waals surface area (Å²) < 4.78 is 5.21. The SMILES string of the molecule is COc1ccc([C@@H](NC(=O)N(C)CC(=O)Nc2cccc3ccccc23)C(C)C)cc1. The van der Waals surface area contributed by atoms with E-state index in [0.29, 0.717) is 0 Å². The van der Waals surface area contributed by atoms with Gasteiger partial charge < -0.3 is 20.3 Å². The van der Waals surface area contributed by atoms with Crippen LogP contribution in [-0.4, -0.2) is 37.5 Å². The van der Waals surface area contributed by atoms with Crippen molar-refractivity contribution < 1.29 is 14.3 Å². The van der Waals surface area contributed by atoms with Gasteiger partial charge in [-0.1, -0.05) is 62.4 Å². The van der Waals surface area contributed by atoms with E-state index in [2.05, 4.69) is 10.6 Å². The Morgan fingerprint density at radius 2 is 1.65 bits per heavy atom. The van der Waals surface area contributed by atoms with Crippen molar-refractivity contribution in [2.75, 3.05) is 26.0 Å². The lowest BCUT2D eigenvalue weighted by molar-refractivity contribution is -0.116. The molecule has 0 radical (unpaired) electrons. The number of methoxy groups -OCH3 is 1. The van der Waals surface area contributed by atoms with Crippen molar-refractivity contribution in [3.8, 4) is 5.75 Å². The van der Waals surface area contributed by atoms with Crippen LogP contribution in [0.4, 0.5) is 10.5 Å². The van der Waals surface area contributed by atoms with Crippen molar-refractivity contribution in [1.82, 2.24) is 10.2 Å². The van der Waals surface area contributed by atoms with Gasteiger partial charge in [0.15, 0.2) is 0 Å². The minimum Gasteiger partial charge on any atom is -0.497 e. The Labute approximate surface area is 183 Å². The van der Waals surface area contributed by atoms with Gasteiger partial charge in [0.2, 0.25) is 5.91 Å². The Morgan fingerprint density at radius 3 is 2.32 bits per heavy atom. The highest BCUT2D eigenvalue weighted by Crippen LogP contribution is 2.25. The number of hydrogen-bond acceptors (Lipinski definition) is 3. The Hall–Kier alpha value is -3.54. The third-order valence-electron chi connectivity index (χ3n) is 5.21. The van der Waals surface area contributed by atoms with E-state index < -0.39 is 0 Å². The standard InChI is InChI=1S/C25H29N3O3/c1-17(2)24(19-12-14-20(31-4)15-13-19)27-25(30)28(3)16-23(29)26-22-11-7-9-18-8-5-6-10-21(18)22/h5-15,17,24H,16H2,1-4H3,(H,26,29)(H,27,30)/t24-/m0/s1. The predicted octanol–water partition coefficient (Wildman–Crippen LogP) is 4.83. The molecule has 3 amide bonds. The number of carbonyl (C=O) groups excluding carboxylic acids is 2. The number of amides is 3. The van der Waals surface area contributed by atoms with Crippen molar-refractivity contribution in [2.45, 2.75) is 19.9 Å². The Morgan fingerprint density at radius 1 is 0.968 bits per heavy atom. The van der Waals surface area contributed by atoms with E-state index in [1.165, 1.54) is 4.90 Å². The second-order valence-corrected chi connectivity index (χ2v) is 7.88. The number of carbonyl (C=O) groups is 2. The second-order valence-electron chi connectivity index (χ2n) is 7.88. The van der Waals surface area contributed by atoms with E-state index in [-0.39, 0.29) is 30.4 Å². The molecule has 0 aromatic heterocycles. The van der Waals surface area contributed by atoms with Gasteiger partial charge in [0.05, 0.1) is 13.2 Å². The van der Waals surface area contributed by atoms with Crippen LogP contribution in [0.15, 0.2) is 66.7 Å². The molecule has 162 valence electrons. The number of ether oxygens (including phenoxy) is 1. The highest BCUT2D eigenvalue weighted by Gasteiger charge is 2.21. The van der Waals surface area contributed by atoms with Crippen LogP contribution >= 0.6 is 0 Å². The third kappa shape index (κ3) is 5.54. The molecule has 0 saturated carbocycles. The number of hydrogen-bond donors (Lipinski definition) is 2. The van der Waals surface area contributed by atoms with Crippen molar-refractivity contribution >= 4 is 28.4 Å². The normalized spacial score (nSPS) is 11.8. The van der Waals surface area contributed by atoms with E-state index in [4.69, 9.17) is 4.74 Å². The summed E-state index contributed by atoms with van der Waals surface area (Å²) in [7, 11) is 3.23. The van der Waals surface area contributed by atoms with Crippen LogP contribution in [0.2, 0.25) is 0 Å². The van der Waals surface area contributed by atoms with Crippen LogP contribution < -0.4 is 15.4 Å². The molecule has 6 nitrogen and oxygen atoms in total. The van der Waals surface area contributed by atoms with Gasteiger partial charge in [0.25, 0.3) is 0 Å². The Balaban J connectivity index is 1.63. The van der Waals surface area contributed by atoms with E-state index in [1.54, 1.807) is 14.2 Å². The maximum atomic E-state index is 12.8. The number of likely N-dealkylation sites (N-methyl/N-ethyl adjacent to an activating group) is 1. The zero-order valence-corrected chi connectivity index (χ0v) is 18.4. The summed E-state index contributed by atoms with van der Waals surface area (Å²) in [4.78, 5) is 26.7. The maximum absolute atomic E-state index is 12.8. The van der Waals surface area contributed by atoms with E-state index in [9.17, 15) is 9.59 Å². The smallest absolute Gasteiger partial charge is 0.318 e. The van der Waals surface area contributed by atoms with Crippen LogP contribution in [0.1, 0.15) is 25.5 Å². The summed E-state index contributed by atoms with van der Waals surface area (Å²) in [6.07, 6.45) is 0. The Kier molecular flexibility index (Phi) is 7.13. The lowest BCUT2D eigenvalue weighted by Crippen LogP contribution is -2.44. The summed E-state index contributed by atoms with van der Waals surface area (Å²) in [6.45, 7) is 4.04. The van der Waals surface area contributed by atoms with Gasteiger partial charge in [-0.05, 0) is 35.1 Å². The minimum atomic E-state index is -0.303. The molecule has 2 N–H and O–H groups in total. The number of anilines is 1. The van der Waals surface area contributed by atoms with Gasteiger partial charge in [-0.2, -0.15) is 0 Å². The van der Waals surface area contributed by atoms with Gasteiger partial charge in [-0.25, -0.2) is 4.79 Å². The number of rotatable bonds is 7. The summed E-state index contributed by atoms with van der Waals surface area (Å²) in [5.74, 6) is 0.689. The van der Waals surface area contributed by atoms with Crippen LogP contribution in [0.3, 0.4) is 0 Å². The summed E-state index contributed by atoms with van der Waals surface area (Å²) in [6, 6.07) is 20.8. The fraction of sp³-hybridized carbons (Fsp3) is 0.280. The lowest BCUT2D eigenvalue weighted by Gasteiger charge is -2.26. The van der Waals surface area contributed by atoms with Crippen LogP contribution in [-0.2, 0) is 4.79 Å². The highest BCUT2D eigenvalue weighted by molar-refractivity contribution is 6.03. The first-order valence-corrected chi connectivity index (χ1v) is 10.3. The molecule has 3 aromatic carbocycles. The molecule has 6 heteroatoms. The average molecular weight is 420 g/mol. The van der Waals surface area contributed by atoms with Crippen LogP contribution in [0, 0.1) is 5.92 Å². The van der Waals surface area contributed by atoms with E-state index in [0.717, 1.165) is 27.8 Å². The van der Waals surface area contributed by atoms with Crippen molar-refractivity contribution in [1.29, 1.82) is 0 Å². The van der Waals surface area contributed by atoms with Gasteiger partial charge >= 0.3 is 6.03 Å². The molecule has 0 fully saturated rings. The minimum absolute atomic E-state index is 0.0531. The summed E-state index contributed by atoms with van der Waals surface area (Å²) in [5, 5.41) is 7.96. The molecule has 1 atom stereocenters. The van der Waals surface area contributed by atoms with Crippen molar-refractivity contribution in [2.24, 2.45) is 5.92 Å². The fourth-order valence-corrected chi connectivity index (χ4v) is 3.50. The molecule has 0 heterocycles. The second kappa shape index (κ2) is 9.98. The van der Waals surface area contributed by atoms with Crippen molar-refractivity contribution in [3.05, 3.63) is 72.3 Å². The van der Waals surface area contributed by atoms with Crippen molar-refractivity contribution in [3.63, 3.8) is 0 Å². The number of benzene rings is 3.